The Bertz CT molecular complexity index is 949. The first-order valence-electron chi connectivity index (χ1n) is 11.9. The van der Waals surface area contributed by atoms with E-state index in [4.69, 9.17) is 4.74 Å². The van der Waals surface area contributed by atoms with Gasteiger partial charge in [0.15, 0.2) is 0 Å². The first kappa shape index (κ1) is 25.5. The van der Waals surface area contributed by atoms with E-state index in [2.05, 4.69) is 5.32 Å². The molecule has 9 heteroatoms. The lowest BCUT2D eigenvalue weighted by molar-refractivity contribution is 0.0500. The number of carbonyl (C=O) groups excluding carboxylic acids is 2. The summed E-state index contributed by atoms with van der Waals surface area (Å²) in [4.78, 5) is 26.9. The van der Waals surface area contributed by atoms with E-state index in [1.807, 2.05) is 27.7 Å². The van der Waals surface area contributed by atoms with Crippen LogP contribution in [0.2, 0.25) is 0 Å². The highest BCUT2D eigenvalue weighted by molar-refractivity contribution is 7.89. The molecule has 2 amide bonds. The predicted molar refractivity (Wildman–Crippen MR) is 127 cm³/mol. The molecule has 0 radical (unpaired) electrons. The second kappa shape index (κ2) is 10.4. The number of benzene rings is 1. The van der Waals surface area contributed by atoms with Crippen LogP contribution in [-0.2, 0) is 14.8 Å². The molecule has 0 bridgehead atoms. The Morgan fingerprint density at radius 1 is 1.09 bits per heavy atom. The molecule has 1 atom stereocenters. The monoisotopic (exact) mass is 479 g/mol. The molecule has 2 aliphatic heterocycles. The molecule has 0 spiro atoms. The minimum atomic E-state index is -3.62. The zero-order valence-electron chi connectivity index (χ0n) is 20.2. The summed E-state index contributed by atoms with van der Waals surface area (Å²) in [6.07, 6.45) is 3.86. The number of amides is 2. The average Bonchev–Trinajstić information content (AvgIpc) is 2.77. The van der Waals surface area contributed by atoms with Crippen LogP contribution in [-0.4, -0.2) is 67.4 Å². The van der Waals surface area contributed by atoms with Crippen molar-refractivity contribution in [3.63, 3.8) is 0 Å². The van der Waals surface area contributed by atoms with Crippen molar-refractivity contribution in [2.24, 2.45) is 5.92 Å². The van der Waals surface area contributed by atoms with Crippen molar-refractivity contribution in [2.75, 3.05) is 26.2 Å². The summed E-state index contributed by atoms with van der Waals surface area (Å²) in [5.41, 5.74) is -0.139. The van der Waals surface area contributed by atoms with Gasteiger partial charge in [-0.2, -0.15) is 4.31 Å². The van der Waals surface area contributed by atoms with Gasteiger partial charge < -0.3 is 15.0 Å². The van der Waals surface area contributed by atoms with E-state index in [9.17, 15) is 18.0 Å². The fourth-order valence-electron chi connectivity index (χ4n) is 4.42. The molecule has 2 saturated heterocycles. The number of carbonyl (C=O) groups is 2. The number of nitrogens with zero attached hydrogens (tertiary/aromatic N) is 2. The number of likely N-dealkylation sites (tertiary alicyclic amines) is 1. The SMILES string of the molecule is CC1CCCCN1S(=O)(=O)c1cccc(C(=O)N2CCC(CNC(=O)OC(C)(C)C)CC2)c1. The molecule has 1 aromatic rings. The van der Waals surface area contributed by atoms with E-state index in [0.29, 0.717) is 31.7 Å². The van der Waals surface area contributed by atoms with Gasteiger partial charge in [0, 0.05) is 37.8 Å². The maximum absolute atomic E-state index is 13.2. The quantitative estimate of drug-likeness (QED) is 0.696. The molecular weight excluding hydrogens is 442 g/mol. The van der Waals surface area contributed by atoms with Crippen molar-refractivity contribution in [2.45, 2.75) is 76.3 Å². The molecule has 8 nitrogen and oxygen atoms in total. The van der Waals surface area contributed by atoms with Crippen LogP contribution in [0.1, 0.15) is 70.2 Å². The number of alkyl carbamates (subject to hydrolysis) is 1. The third-order valence-electron chi connectivity index (χ3n) is 6.27. The van der Waals surface area contributed by atoms with Crippen LogP contribution in [0, 0.1) is 5.92 Å². The van der Waals surface area contributed by atoms with Crippen LogP contribution >= 0.6 is 0 Å². The molecule has 1 aromatic carbocycles. The van der Waals surface area contributed by atoms with Crippen LogP contribution in [0.5, 0.6) is 0 Å². The van der Waals surface area contributed by atoms with E-state index in [0.717, 1.165) is 32.1 Å². The Balaban J connectivity index is 1.58. The van der Waals surface area contributed by atoms with Crippen LogP contribution < -0.4 is 5.32 Å². The standard InChI is InChI=1S/C24H37N3O5S/c1-18-8-5-6-13-27(18)33(30,31)21-10-7-9-20(16-21)22(28)26-14-11-19(12-15-26)17-25-23(29)32-24(2,3)4/h7,9-10,16,18-19H,5-6,8,11-15,17H2,1-4H3,(H,25,29). The van der Waals surface area contributed by atoms with Gasteiger partial charge in [-0.25, -0.2) is 13.2 Å². The smallest absolute Gasteiger partial charge is 0.407 e. The van der Waals surface area contributed by atoms with Gasteiger partial charge in [-0.3, -0.25) is 4.79 Å². The maximum Gasteiger partial charge on any atom is 0.407 e. The number of ether oxygens (including phenoxy) is 1. The summed E-state index contributed by atoms with van der Waals surface area (Å²) in [6, 6.07) is 6.37. The summed E-state index contributed by atoms with van der Waals surface area (Å²) in [6.45, 7) is 9.58. The normalized spacial score (nSPS) is 21.0. The van der Waals surface area contributed by atoms with Gasteiger partial charge >= 0.3 is 6.09 Å². The first-order chi connectivity index (χ1) is 15.5. The lowest BCUT2D eigenvalue weighted by atomic mass is 9.96. The number of sulfonamides is 1. The lowest BCUT2D eigenvalue weighted by Gasteiger charge is -2.33. The lowest BCUT2D eigenvalue weighted by Crippen LogP contribution is -2.43. The Morgan fingerprint density at radius 2 is 1.79 bits per heavy atom. The van der Waals surface area contributed by atoms with E-state index < -0.39 is 21.7 Å². The van der Waals surface area contributed by atoms with Crippen LogP contribution in [0.4, 0.5) is 4.79 Å². The van der Waals surface area contributed by atoms with Crippen molar-refractivity contribution in [3.05, 3.63) is 29.8 Å². The molecule has 0 aliphatic carbocycles. The molecule has 2 heterocycles. The molecule has 33 heavy (non-hydrogen) atoms. The van der Waals surface area contributed by atoms with Crippen LogP contribution in [0.25, 0.3) is 0 Å². The van der Waals surface area contributed by atoms with Crippen LogP contribution in [0.3, 0.4) is 0 Å². The molecule has 1 unspecified atom stereocenters. The Hall–Kier alpha value is -2.13. The molecule has 1 N–H and O–H groups in total. The van der Waals surface area contributed by atoms with E-state index in [-0.39, 0.29) is 22.8 Å². The summed E-state index contributed by atoms with van der Waals surface area (Å²) < 4.78 is 33.2. The van der Waals surface area contributed by atoms with Crippen molar-refractivity contribution < 1.29 is 22.7 Å². The molecule has 2 fully saturated rings. The fraction of sp³-hybridized carbons (Fsp3) is 0.667. The van der Waals surface area contributed by atoms with Gasteiger partial charge in [0.2, 0.25) is 10.0 Å². The van der Waals surface area contributed by atoms with Gasteiger partial charge in [0.05, 0.1) is 4.90 Å². The minimum Gasteiger partial charge on any atom is -0.444 e. The van der Waals surface area contributed by atoms with Crippen LogP contribution in [0.15, 0.2) is 29.2 Å². The summed E-state index contributed by atoms with van der Waals surface area (Å²) >= 11 is 0. The number of nitrogens with one attached hydrogen (secondary N) is 1. The molecule has 0 saturated carbocycles. The Kier molecular flexibility index (Phi) is 8.05. The minimum absolute atomic E-state index is 0.0311. The highest BCUT2D eigenvalue weighted by Crippen LogP contribution is 2.26. The number of hydrogen-bond acceptors (Lipinski definition) is 5. The van der Waals surface area contributed by atoms with Crippen molar-refractivity contribution in [3.8, 4) is 0 Å². The summed E-state index contributed by atoms with van der Waals surface area (Å²) in [7, 11) is -3.62. The van der Waals surface area contributed by atoms with E-state index in [1.54, 1.807) is 27.4 Å². The Labute approximate surface area is 197 Å². The second-order valence-corrected chi connectivity index (χ2v) is 12.0. The number of piperidine rings is 2. The van der Waals surface area contributed by atoms with Crippen molar-refractivity contribution in [1.82, 2.24) is 14.5 Å². The Morgan fingerprint density at radius 3 is 2.42 bits per heavy atom. The van der Waals surface area contributed by atoms with Gasteiger partial charge in [-0.15, -0.1) is 0 Å². The molecule has 184 valence electrons. The topological polar surface area (TPSA) is 96.0 Å². The molecule has 0 aromatic heterocycles. The maximum atomic E-state index is 13.2. The molecular formula is C24H37N3O5S. The van der Waals surface area contributed by atoms with Gasteiger partial charge in [0.25, 0.3) is 5.91 Å². The van der Waals surface area contributed by atoms with Gasteiger partial charge in [-0.05, 0) is 77.5 Å². The van der Waals surface area contributed by atoms with E-state index >= 15 is 0 Å². The second-order valence-electron chi connectivity index (χ2n) is 10.1. The largest absolute Gasteiger partial charge is 0.444 e. The number of rotatable bonds is 5. The zero-order chi connectivity index (χ0) is 24.2. The highest BCUT2D eigenvalue weighted by atomic mass is 32.2. The first-order valence-corrected chi connectivity index (χ1v) is 13.3. The highest BCUT2D eigenvalue weighted by Gasteiger charge is 2.32. The van der Waals surface area contributed by atoms with Gasteiger partial charge in [0.1, 0.15) is 5.60 Å². The average molecular weight is 480 g/mol. The number of hydrogen-bond donors (Lipinski definition) is 1. The third kappa shape index (κ3) is 6.69. The zero-order valence-corrected chi connectivity index (χ0v) is 21.0. The van der Waals surface area contributed by atoms with Gasteiger partial charge in [-0.1, -0.05) is 12.5 Å². The van der Waals surface area contributed by atoms with E-state index in [1.165, 1.54) is 6.07 Å². The molecule has 2 aliphatic rings. The summed E-state index contributed by atoms with van der Waals surface area (Å²) in [5.74, 6) is 0.117. The third-order valence-corrected chi connectivity index (χ3v) is 8.27. The predicted octanol–water partition coefficient (Wildman–Crippen LogP) is 3.63. The van der Waals surface area contributed by atoms with Crippen molar-refractivity contribution in [1.29, 1.82) is 0 Å². The summed E-state index contributed by atoms with van der Waals surface area (Å²) in [5, 5.41) is 2.81. The van der Waals surface area contributed by atoms with Crippen molar-refractivity contribution >= 4 is 22.0 Å². The fourth-order valence-corrected chi connectivity index (χ4v) is 6.16. The molecule has 3 rings (SSSR count).